The van der Waals surface area contributed by atoms with E-state index in [9.17, 15) is 19.8 Å². The van der Waals surface area contributed by atoms with Crippen LogP contribution in [0.4, 0.5) is 5.69 Å². The summed E-state index contributed by atoms with van der Waals surface area (Å²) in [7, 11) is 0. The Morgan fingerprint density at radius 1 is 1.00 bits per heavy atom. The molecule has 2 aromatic carbocycles. The minimum absolute atomic E-state index is 0.210. The van der Waals surface area contributed by atoms with Crippen molar-refractivity contribution < 1.29 is 19.8 Å². The van der Waals surface area contributed by atoms with Crippen LogP contribution < -0.4 is 5.32 Å². The van der Waals surface area contributed by atoms with Crippen LogP contribution >= 0.6 is 0 Å². The molecule has 0 radical (unpaired) electrons. The van der Waals surface area contributed by atoms with Gasteiger partial charge in [-0.1, -0.05) is 55.5 Å². The number of nitrogens with zero attached hydrogens (tertiary/aromatic N) is 2. The summed E-state index contributed by atoms with van der Waals surface area (Å²) < 4.78 is 0. The van der Waals surface area contributed by atoms with Gasteiger partial charge >= 0.3 is 11.9 Å². The van der Waals surface area contributed by atoms with Gasteiger partial charge in [-0.2, -0.15) is 0 Å². The van der Waals surface area contributed by atoms with Gasteiger partial charge in [0, 0.05) is 43.5 Å². The lowest BCUT2D eigenvalue weighted by atomic mass is 9.83. The van der Waals surface area contributed by atoms with Crippen LogP contribution in [0.5, 0.6) is 0 Å². The van der Waals surface area contributed by atoms with E-state index < -0.39 is 17.6 Å². The fourth-order valence-corrected chi connectivity index (χ4v) is 4.57. The second kappa shape index (κ2) is 8.98. The predicted octanol–water partition coefficient (Wildman–Crippen LogP) is 2.97. The van der Waals surface area contributed by atoms with Crippen molar-refractivity contribution in [2.45, 2.75) is 12.6 Å². The minimum atomic E-state index is -1.30. The maximum absolute atomic E-state index is 12.4. The second-order valence-electron chi connectivity index (χ2n) is 7.98. The van der Waals surface area contributed by atoms with Gasteiger partial charge < -0.3 is 20.4 Å². The number of aliphatic carboxylic acids is 2. The molecule has 7 heteroatoms. The molecule has 32 heavy (non-hydrogen) atoms. The second-order valence-corrected chi connectivity index (χ2v) is 7.98. The molecule has 1 atom stereocenters. The van der Waals surface area contributed by atoms with Gasteiger partial charge in [0.05, 0.1) is 5.57 Å². The number of carbonyl (C=O) groups is 2. The molecule has 0 aromatic heterocycles. The van der Waals surface area contributed by atoms with Crippen molar-refractivity contribution in [1.29, 1.82) is 0 Å². The highest BCUT2D eigenvalue weighted by Gasteiger charge is 2.46. The highest BCUT2D eigenvalue weighted by molar-refractivity contribution is 6.00. The molecule has 2 heterocycles. The SMILES string of the molecule is CCN1CCN(C2(C(=CC(=O)O)C(=O)O)C=C(c3ccccc3)c3ccccc3N2)CC1. The first kappa shape index (κ1) is 21.8. The summed E-state index contributed by atoms with van der Waals surface area (Å²) in [6, 6.07) is 17.5. The zero-order valence-electron chi connectivity index (χ0n) is 18.0. The van der Waals surface area contributed by atoms with Gasteiger partial charge in [0.25, 0.3) is 0 Å². The normalized spacial score (nSPS) is 21.9. The third-order valence-corrected chi connectivity index (χ3v) is 6.21. The molecule has 2 aliphatic rings. The molecule has 1 fully saturated rings. The van der Waals surface area contributed by atoms with Crippen molar-refractivity contribution in [2.75, 3.05) is 38.0 Å². The Morgan fingerprint density at radius 3 is 2.28 bits per heavy atom. The number of para-hydroxylation sites is 1. The highest BCUT2D eigenvalue weighted by Crippen LogP contribution is 2.42. The molecular formula is C25H27N3O4. The van der Waals surface area contributed by atoms with Crippen molar-refractivity contribution in [3.8, 4) is 0 Å². The van der Waals surface area contributed by atoms with Crippen LogP contribution in [0.3, 0.4) is 0 Å². The molecule has 0 saturated carbocycles. The number of likely N-dealkylation sites (N-methyl/N-ethyl adjacent to an activating group) is 1. The standard InChI is InChI=1S/C25H27N3O4/c1-2-27-12-14-28(15-13-27)25(21(24(31)32)16-23(29)30)17-20(18-8-4-3-5-9-18)19-10-6-7-11-22(19)26-25/h3-11,16-17,26H,2,12-15H2,1H3,(H,29,30)(H,31,32). The Morgan fingerprint density at radius 2 is 1.66 bits per heavy atom. The Hall–Kier alpha value is -3.42. The monoisotopic (exact) mass is 433 g/mol. The van der Waals surface area contributed by atoms with E-state index >= 15 is 0 Å². The van der Waals surface area contributed by atoms with Gasteiger partial charge in [-0.25, -0.2) is 9.59 Å². The van der Waals surface area contributed by atoms with E-state index in [1.54, 1.807) is 0 Å². The van der Waals surface area contributed by atoms with Gasteiger partial charge in [-0.3, -0.25) is 4.90 Å². The van der Waals surface area contributed by atoms with E-state index in [-0.39, 0.29) is 5.57 Å². The maximum atomic E-state index is 12.4. The molecule has 1 unspecified atom stereocenters. The smallest absolute Gasteiger partial charge is 0.335 e. The van der Waals surface area contributed by atoms with E-state index in [0.717, 1.165) is 48.1 Å². The van der Waals surface area contributed by atoms with Gasteiger partial charge in [0.2, 0.25) is 0 Å². The zero-order chi connectivity index (χ0) is 22.7. The largest absolute Gasteiger partial charge is 0.478 e. The van der Waals surface area contributed by atoms with Gasteiger partial charge in [0.1, 0.15) is 5.66 Å². The first-order valence-electron chi connectivity index (χ1n) is 10.8. The molecule has 2 aliphatic heterocycles. The summed E-state index contributed by atoms with van der Waals surface area (Å²) in [4.78, 5) is 28.4. The number of carboxylic acids is 2. The Balaban J connectivity index is 1.95. The number of nitrogens with one attached hydrogen (secondary N) is 1. The topological polar surface area (TPSA) is 93.1 Å². The number of benzene rings is 2. The van der Waals surface area contributed by atoms with E-state index in [4.69, 9.17) is 0 Å². The Bertz CT molecular complexity index is 1070. The van der Waals surface area contributed by atoms with E-state index in [1.807, 2.05) is 65.6 Å². The van der Waals surface area contributed by atoms with Crippen molar-refractivity contribution >= 4 is 23.2 Å². The fraction of sp³-hybridized carbons (Fsp3) is 0.280. The highest BCUT2D eigenvalue weighted by atomic mass is 16.4. The van der Waals surface area contributed by atoms with Crippen molar-refractivity contribution in [2.24, 2.45) is 0 Å². The average Bonchev–Trinajstić information content (AvgIpc) is 2.82. The summed E-state index contributed by atoms with van der Waals surface area (Å²) in [5, 5.41) is 23.1. The number of piperazine rings is 1. The van der Waals surface area contributed by atoms with Crippen LogP contribution in [-0.4, -0.2) is 70.3 Å². The van der Waals surface area contributed by atoms with Crippen molar-refractivity contribution in [1.82, 2.24) is 9.80 Å². The van der Waals surface area contributed by atoms with Crippen LogP contribution in [0.25, 0.3) is 5.57 Å². The molecule has 7 nitrogen and oxygen atoms in total. The van der Waals surface area contributed by atoms with Crippen LogP contribution in [0.1, 0.15) is 18.1 Å². The fourth-order valence-electron chi connectivity index (χ4n) is 4.57. The lowest BCUT2D eigenvalue weighted by Crippen LogP contribution is -2.62. The molecule has 4 rings (SSSR count). The molecule has 0 bridgehead atoms. The minimum Gasteiger partial charge on any atom is -0.478 e. The lowest BCUT2D eigenvalue weighted by molar-refractivity contribution is -0.136. The number of fused-ring (bicyclic) bond motifs is 1. The third-order valence-electron chi connectivity index (χ3n) is 6.21. The molecule has 0 aliphatic carbocycles. The van der Waals surface area contributed by atoms with Gasteiger partial charge in [0.15, 0.2) is 0 Å². The summed E-state index contributed by atoms with van der Waals surface area (Å²) in [6.45, 7) is 5.77. The summed E-state index contributed by atoms with van der Waals surface area (Å²) in [5.41, 5.74) is 2.01. The molecule has 166 valence electrons. The number of rotatable bonds is 6. The summed E-state index contributed by atoms with van der Waals surface area (Å²) in [6.07, 6.45) is 2.70. The van der Waals surface area contributed by atoms with Crippen molar-refractivity contribution in [3.63, 3.8) is 0 Å². The van der Waals surface area contributed by atoms with Gasteiger partial charge in [-0.05, 0) is 29.8 Å². The molecule has 0 spiro atoms. The number of anilines is 1. The van der Waals surface area contributed by atoms with E-state index in [2.05, 4.69) is 17.1 Å². The molecule has 1 saturated heterocycles. The number of carboxylic acid groups (broad SMARTS) is 2. The molecule has 3 N–H and O–H groups in total. The zero-order valence-corrected chi connectivity index (χ0v) is 18.0. The van der Waals surface area contributed by atoms with Gasteiger partial charge in [-0.15, -0.1) is 0 Å². The van der Waals surface area contributed by atoms with E-state index in [0.29, 0.717) is 13.1 Å². The molecular weight excluding hydrogens is 406 g/mol. The van der Waals surface area contributed by atoms with Crippen LogP contribution in [0.2, 0.25) is 0 Å². The predicted molar refractivity (Wildman–Crippen MR) is 123 cm³/mol. The van der Waals surface area contributed by atoms with Crippen LogP contribution in [-0.2, 0) is 9.59 Å². The first-order valence-corrected chi connectivity index (χ1v) is 10.8. The van der Waals surface area contributed by atoms with Crippen LogP contribution in [0.15, 0.2) is 72.3 Å². The maximum Gasteiger partial charge on any atom is 0.335 e. The van der Waals surface area contributed by atoms with Crippen molar-refractivity contribution in [3.05, 3.63) is 83.4 Å². The Labute approximate surface area is 187 Å². The quantitative estimate of drug-likeness (QED) is 0.603. The molecule has 2 aromatic rings. The molecule has 0 amide bonds. The first-order chi connectivity index (χ1) is 15.4. The third kappa shape index (κ3) is 4.04. The summed E-state index contributed by atoms with van der Waals surface area (Å²) in [5.74, 6) is -2.55. The number of hydrogen-bond donors (Lipinski definition) is 3. The average molecular weight is 434 g/mol. The number of hydrogen-bond acceptors (Lipinski definition) is 5. The van der Waals surface area contributed by atoms with E-state index in [1.165, 1.54) is 0 Å². The van der Waals surface area contributed by atoms with Crippen LogP contribution in [0, 0.1) is 0 Å². The Kier molecular flexibility index (Phi) is 6.12. The lowest BCUT2D eigenvalue weighted by Gasteiger charge is -2.49. The summed E-state index contributed by atoms with van der Waals surface area (Å²) >= 11 is 0.